The van der Waals surface area contributed by atoms with Gasteiger partial charge in [0.1, 0.15) is 5.88 Å². The van der Waals surface area contributed by atoms with Crippen LogP contribution in [-0.2, 0) is 5.88 Å². The highest BCUT2D eigenvalue weighted by atomic mass is 35.5. The molecule has 0 aliphatic rings. The Morgan fingerprint density at radius 2 is 1.79 bits per heavy atom. The molecule has 5 nitrogen and oxygen atoms in total. The quantitative estimate of drug-likeness (QED) is 0.672. The van der Waals surface area contributed by atoms with Gasteiger partial charge in [0.05, 0.1) is 22.4 Å². The number of hydrogen-bond donors (Lipinski definition) is 0. The molecule has 0 aliphatic carbocycles. The van der Waals surface area contributed by atoms with Gasteiger partial charge in [-0.2, -0.15) is 0 Å². The summed E-state index contributed by atoms with van der Waals surface area (Å²) in [7, 11) is 0. The third-order valence-electron chi connectivity index (χ3n) is 2.90. The van der Waals surface area contributed by atoms with E-state index in [1.54, 1.807) is 0 Å². The van der Waals surface area contributed by atoms with Gasteiger partial charge in [0.15, 0.2) is 0 Å². The van der Waals surface area contributed by atoms with Crippen LogP contribution >= 0.6 is 11.6 Å². The second-order valence-corrected chi connectivity index (χ2v) is 4.50. The molecule has 2 aromatic heterocycles. The van der Waals surface area contributed by atoms with Gasteiger partial charge >= 0.3 is 0 Å². The maximum atomic E-state index is 5.64. The van der Waals surface area contributed by atoms with Gasteiger partial charge in [0.2, 0.25) is 11.8 Å². The van der Waals surface area contributed by atoms with E-state index in [-0.39, 0.29) is 5.88 Å². The van der Waals surface area contributed by atoms with E-state index in [1.807, 2.05) is 32.0 Å². The van der Waals surface area contributed by atoms with E-state index in [1.165, 1.54) is 0 Å². The van der Waals surface area contributed by atoms with Crippen molar-refractivity contribution in [2.75, 3.05) is 0 Å². The van der Waals surface area contributed by atoms with Gasteiger partial charge in [0, 0.05) is 5.56 Å². The van der Waals surface area contributed by atoms with Gasteiger partial charge in [-0.1, -0.05) is 0 Å². The first-order chi connectivity index (χ1) is 9.17. The van der Waals surface area contributed by atoms with E-state index in [0.29, 0.717) is 11.8 Å². The van der Waals surface area contributed by atoms with E-state index in [4.69, 9.17) is 16.0 Å². The van der Waals surface area contributed by atoms with Crippen LogP contribution in [-0.4, -0.2) is 20.2 Å². The summed E-state index contributed by atoms with van der Waals surface area (Å²) in [5.74, 6) is 1.05. The molecule has 2 heterocycles. The number of nitrogens with zero attached hydrogens (tertiary/aromatic N) is 4. The minimum Gasteiger partial charge on any atom is -0.419 e. The minimum atomic E-state index is 0.207. The summed E-state index contributed by atoms with van der Waals surface area (Å²) in [5.41, 5.74) is 4.32. The van der Waals surface area contributed by atoms with E-state index < -0.39 is 0 Å². The van der Waals surface area contributed by atoms with E-state index in [9.17, 15) is 0 Å². The molecule has 0 spiro atoms. The summed E-state index contributed by atoms with van der Waals surface area (Å²) in [6, 6.07) is 5.67. The standard InChI is InChI=1S/C13H11ClN4O/c1-7-8(2)16-11-5-9(3-4-10(11)15-7)13-18-17-12(6-14)19-13/h3-5H,6H2,1-2H3. The van der Waals surface area contributed by atoms with Crippen LogP contribution in [0.1, 0.15) is 17.3 Å². The summed E-state index contributed by atoms with van der Waals surface area (Å²) >= 11 is 5.64. The van der Waals surface area contributed by atoms with E-state index in [2.05, 4.69) is 20.2 Å². The first-order valence-corrected chi connectivity index (χ1v) is 6.34. The lowest BCUT2D eigenvalue weighted by molar-refractivity contribution is 0.527. The monoisotopic (exact) mass is 274 g/mol. The fraction of sp³-hybridized carbons (Fsp3) is 0.231. The number of fused-ring (bicyclic) bond motifs is 1. The van der Waals surface area contributed by atoms with Crippen molar-refractivity contribution in [1.29, 1.82) is 0 Å². The number of benzene rings is 1. The minimum absolute atomic E-state index is 0.207. The van der Waals surface area contributed by atoms with Crippen LogP contribution in [0.5, 0.6) is 0 Å². The molecule has 0 unspecified atom stereocenters. The highest BCUT2D eigenvalue weighted by molar-refractivity contribution is 6.16. The molecule has 0 radical (unpaired) electrons. The molecule has 0 aliphatic heterocycles. The number of rotatable bonds is 2. The van der Waals surface area contributed by atoms with Gasteiger partial charge in [-0.15, -0.1) is 21.8 Å². The summed E-state index contributed by atoms with van der Waals surface area (Å²) < 4.78 is 5.42. The molecule has 0 N–H and O–H groups in total. The molecule has 0 saturated carbocycles. The lowest BCUT2D eigenvalue weighted by atomic mass is 10.2. The first-order valence-electron chi connectivity index (χ1n) is 5.81. The molecular weight excluding hydrogens is 264 g/mol. The van der Waals surface area contributed by atoms with Crippen LogP contribution in [0.15, 0.2) is 22.6 Å². The van der Waals surface area contributed by atoms with Crippen molar-refractivity contribution < 1.29 is 4.42 Å². The van der Waals surface area contributed by atoms with Gasteiger partial charge < -0.3 is 4.42 Å². The topological polar surface area (TPSA) is 64.7 Å². The molecule has 3 aromatic rings. The van der Waals surface area contributed by atoms with Gasteiger partial charge in [-0.05, 0) is 32.0 Å². The predicted octanol–water partition coefficient (Wildman–Crippen LogP) is 3.04. The Hall–Kier alpha value is -2.01. The molecule has 96 valence electrons. The molecular formula is C13H11ClN4O. The van der Waals surface area contributed by atoms with E-state index >= 15 is 0 Å². The number of halogens is 1. The van der Waals surface area contributed by atoms with Gasteiger partial charge in [-0.25, -0.2) is 9.97 Å². The zero-order chi connectivity index (χ0) is 13.4. The van der Waals surface area contributed by atoms with Crippen molar-refractivity contribution in [3.05, 3.63) is 35.5 Å². The maximum Gasteiger partial charge on any atom is 0.247 e. The summed E-state index contributed by atoms with van der Waals surface area (Å²) in [4.78, 5) is 8.99. The zero-order valence-electron chi connectivity index (χ0n) is 10.5. The maximum absolute atomic E-state index is 5.64. The average molecular weight is 275 g/mol. The molecule has 0 bridgehead atoms. The summed E-state index contributed by atoms with van der Waals surface area (Å²) in [6.07, 6.45) is 0. The third kappa shape index (κ3) is 2.17. The average Bonchev–Trinajstić information content (AvgIpc) is 2.88. The Morgan fingerprint density at radius 1 is 1.05 bits per heavy atom. The lowest BCUT2D eigenvalue weighted by Gasteiger charge is -2.03. The molecule has 0 saturated heterocycles. The fourth-order valence-electron chi connectivity index (χ4n) is 1.79. The van der Waals surface area contributed by atoms with Crippen LogP contribution in [0, 0.1) is 13.8 Å². The number of aryl methyl sites for hydroxylation is 2. The second-order valence-electron chi connectivity index (χ2n) is 4.23. The lowest BCUT2D eigenvalue weighted by Crippen LogP contribution is -1.93. The highest BCUT2D eigenvalue weighted by Crippen LogP contribution is 2.22. The van der Waals surface area contributed by atoms with Crippen molar-refractivity contribution >= 4 is 22.6 Å². The smallest absolute Gasteiger partial charge is 0.247 e. The molecule has 1 aromatic carbocycles. The Morgan fingerprint density at radius 3 is 2.47 bits per heavy atom. The van der Waals surface area contributed by atoms with Crippen molar-refractivity contribution in [2.45, 2.75) is 19.7 Å². The van der Waals surface area contributed by atoms with Crippen LogP contribution < -0.4 is 0 Å². The number of aromatic nitrogens is 4. The number of hydrogen-bond acceptors (Lipinski definition) is 5. The van der Waals surface area contributed by atoms with Crippen molar-refractivity contribution in [1.82, 2.24) is 20.2 Å². The first kappa shape index (κ1) is 12.0. The summed E-state index contributed by atoms with van der Waals surface area (Å²) in [6.45, 7) is 3.88. The Labute approximate surface area is 114 Å². The zero-order valence-corrected chi connectivity index (χ0v) is 11.3. The Balaban J connectivity index is 2.13. The van der Waals surface area contributed by atoms with Crippen molar-refractivity contribution in [3.63, 3.8) is 0 Å². The highest BCUT2D eigenvalue weighted by Gasteiger charge is 2.10. The Bertz CT molecular complexity index is 753. The molecule has 0 amide bonds. The van der Waals surface area contributed by atoms with Crippen molar-refractivity contribution in [3.8, 4) is 11.5 Å². The number of alkyl halides is 1. The second kappa shape index (κ2) is 4.59. The third-order valence-corrected chi connectivity index (χ3v) is 3.13. The van der Waals surface area contributed by atoms with Gasteiger partial charge in [0.25, 0.3) is 0 Å². The van der Waals surface area contributed by atoms with Crippen LogP contribution in [0.4, 0.5) is 0 Å². The predicted molar refractivity (Wildman–Crippen MR) is 71.9 cm³/mol. The SMILES string of the molecule is Cc1nc2ccc(-c3nnc(CCl)o3)cc2nc1C. The van der Waals surface area contributed by atoms with Crippen molar-refractivity contribution in [2.24, 2.45) is 0 Å². The van der Waals surface area contributed by atoms with Crippen LogP contribution in [0.2, 0.25) is 0 Å². The largest absolute Gasteiger partial charge is 0.419 e. The molecule has 3 rings (SSSR count). The molecule has 6 heteroatoms. The van der Waals surface area contributed by atoms with Crippen LogP contribution in [0.25, 0.3) is 22.5 Å². The summed E-state index contributed by atoms with van der Waals surface area (Å²) in [5, 5.41) is 7.79. The Kier molecular flexibility index (Phi) is 2.91. The van der Waals surface area contributed by atoms with E-state index in [0.717, 1.165) is 28.0 Å². The van der Waals surface area contributed by atoms with Crippen LogP contribution in [0.3, 0.4) is 0 Å². The molecule has 0 fully saturated rings. The fourth-order valence-corrected chi connectivity index (χ4v) is 1.90. The molecule has 0 atom stereocenters. The molecule has 19 heavy (non-hydrogen) atoms. The van der Waals surface area contributed by atoms with Gasteiger partial charge in [-0.3, -0.25) is 0 Å². The normalized spacial score (nSPS) is 11.1.